The molecule has 0 amide bonds. The highest BCUT2D eigenvalue weighted by atomic mass is 35.5. The minimum Gasteiger partial charge on any atom is -0.340 e. The average molecular weight is 304 g/mol. The Morgan fingerprint density at radius 3 is 2.30 bits per heavy atom. The average Bonchev–Trinajstić information content (AvgIpc) is 2.40. The summed E-state index contributed by atoms with van der Waals surface area (Å²) < 4.78 is 38.0. The van der Waals surface area contributed by atoms with Gasteiger partial charge in [0, 0.05) is 16.8 Å². The molecule has 1 aromatic carbocycles. The summed E-state index contributed by atoms with van der Waals surface area (Å²) in [6.45, 7) is 0. The summed E-state index contributed by atoms with van der Waals surface area (Å²) in [7, 11) is 0. The summed E-state index contributed by atoms with van der Waals surface area (Å²) in [5, 5.41) is 3.23. The summed E-state index contributed by atoms with van der Waals surface area (Å²) in [6.07, 6.45) is -4.59. The van der Waals surface area contributed by atoms with E-state index in [4.69, 9.17) is 17.4 Å². The predicted octanol–water partition coefficient (Wildman–Crippen LogP) is 3.18. The van der Waals surface area contributed by atoms with Gasteiger partial charge in [-0.05, 0) is 24.3 Å². The Morgan fingerprint density at radius 2 is 1.75 bits per heavy atom. The molecular weight excluding hydrogens is 295 g/mol. The first-order valence-electron chi connectivity index (χ1n) is 5.34. The topological polar surface area (TPSA) is 75.9 Å². The number of benzene rings is 1. The molecule has 1 heterocycles. The van der Waals surface area contributed by atoms with Gasteiger partial charge >= 0.3 is 6.18 Å². The lowest BCUT2D eigenvalue weighted by molar-refractivity contribution is -0.141. The molecule has 9 heteroatoms. The standard InChI is InChI=1S/C11H9ClF3N5/c12-6-1-3-7(4-2-6)17-9-5-8(11(13,14)15)18-10(19-9)20-16/h1-5H,16H2,(H2,17,18,19,20). The number of nitrogens with zero attached hydrogens (tertiary/aromatic N) is 2. The van der Waals surface area contributed by atoms with Crippen LogP contribution in [0.1, 0.15) is 5.69 Å². The molecule has 0 spiro atoms. The molecule has 0 aliphatic rings. The number of nitrogen functional groups attached to an aromatic ring is 1. The van der Waals surface area contributed by atoms with E-state index >= 15 is 0 Å². The van der Waals surface area contributed by atoms with Crippen molar-refractivity contribution in [2.75, 3.05) is 10.7 Å². The Morgan fingerprint density at radius 1 is 1.10 bits per heavy atom. The lowest BCUT2D eigenvalue weighted by Crippen LogP contribution is -2.16. The smallest absolute Gasteiger partial charge is 0.340 e. The summed E-state index contributed by atoms with van der Waals surface area (Å²) in [6, 6.07) is 7.19. The lowest BCUT2D eigenvalue weighted by atomic mass is 10.3. The maximum Gasteiger partial charge on any atom is 0.433 e. The number of hydrogen-bond acceptors (Lipinski definition) is 5. The Balaban J connectivity index is 2.33. The van der Waals surface area contributed by atoms with Crippen molar-refractivity contribution in [3.8, 4) is 0 Å². The molecule has 0 fully saturated rings. The largest absolute Gasteiger partial charge is 0.433 e. The number of hydrazine groups is 1. The van der Waals surface area contributed by atoms with Crippen LogP contribution in [-0.4, -0.2) is 9.97 Å². The predicted molar refractivity (Wildman–Crippen MR) is 69.6 cm³/mol. The van der Waals surface area contributed by atoms with Gasteiger partial charge in [0.2, 0.25) is 5.95 Å². The molecule has 106 valence electrons. The van der Waals surface area contributed by atoms with Crippen LogP contribution in [0.15, 0.2) is 30.3 Å². The van der Waals surface area contributed by atoms with Crippen LogP contribution in [0, 0.1) is 0 Å². The van der Waals surface area contributed by atoms with Gasteiger partial charge in [0.25, 0.3) is 0 Å². The minimum absolute atomic E-state index is 0.0393. The van der Waals surface area contributed by atoms with Gasteiger partial charge in [-0.1, -0.05) is 11.6 Å². The number of nitrogens with two attached hydrogens (primary N) is 1. The summed E-state index contributed by atoms with van der Waals surface area (Å²) in [5.74, 6) is 4.68. The number of aromatic nitrogens is 2. The van der Waals surface area contributed by atoms with Gasteiger partial charge in [-0.3, -0.25) is 5.43 Å². The molecule has 4 N–H and O–H groups in total. The van der Waals surface area contributed by atoms with E-state index < -0.39 is 11.9 Å². The van der Waals surface area contributed by atoms with Gasteiger partial charge in [-0.15, -0.1) is 0 Å². The van der Waals surface area contributed by atoms with Gasteiger partial charge in [-0.2, -0.15) is 18.2 Å². The highest BCUT2D eigenvalue weighted by Gasteiger charge is 2.33. The fourth-order valence-electron chi connectivity index (χ4n) is 1.40. The number of alkyl halides is 3. The van der Waals surface area contributed by atoms with Crippen LogP contribution in [0.4, 0.5) is 30.6 Å². The van der Waals surface area contributed by atoms with E-state index in [0.717, 1.165) is 6.07 Å². The molecule has 1 aromatic heterocycles. The second-order valence-electron chi connectivity index (χ2n) is 3.74. The molecule has 2 aromatic rings. The molecule has 0 bridgehead atoms. The minimum atomic E-state index is -4.59. The SMILES string of the molecule is NNc1nc(Nc2ccc(Cl)cc2)cc(C(F)(F)F)n1. The van der Waals surface area contributed by atoms with E-state index in [1.165, 1.54) is 0 Å². The van der Waals surface area contributed by atoms with Crippen molar-refractivity contribution in [3.63, 3.8) is 0 Å². The van der Waals surface area contributed by atoms with Crippen molar-refractivity contribution >= 4 is 29.1 Å². The van der Waals surface area contributed by atoms with Crippen molar-refractivity contribution in [2.24, 2.45) is 5.84 Å². The van der Waals surface area contributed by atoms with Gasteiger partial charge in [0.1, 0.15) is 5.82 Å². The normalized spacial score (nSPS) is 11.2. The number of hydrogen-bond donors (Lipinski definition) is 3. The molecule has 0 aliphatic carbocycles. The van der Waals surface area contributed by atoms with Crippen LogP contribution >= 0.6 is 11.6 Å². The van der Waals surface area contributed by atoms with Gasteiger partial charge in [0.05, 0.1) is 0 Å². The molecule has 0 aliphatic heterocycles. The number of halogens is 4. The molecule has 0 saturated carbocycles. The zero-order valence-electron chi connectivity index (χ0n) is 9.87. The van der Waals surface area contributed by atoms with Crippen LogP contribution < -0.4 is 16.6 Å². The fraction of sp³-hybridized carbons (Fsp3) is 0.0909. The summed E-state index contributed by atoms with van der Waals surface area (Å²) >= 11 is 5.72. The van der Waals surface area contributed by atoms with Crippen LogP contribution in [0.5, 0.6) is 0 Å². The second kappa shape index (κ2) is 5.51. The molecule has 0 saturated heterocycles. The van der Waals surface area contributed by atoms with Crippen LogP contribution in [-0.2, 0) is 6.18 Å². The van der Waals surface area contributed by atoms with Gasteiger partial charge in [-0.25, -0.2) is 10.8 Å². The Hall–Kier alpha value is -2.06. The highest BCUT2D eigenvalue weighted by Crippen LogP contribution is 2.30. The van der Waals surface area contributed by atoms with E-state index in [9.17, 15) is 13.2 Å². The maximum absolute atomic E-state index is 12.7. The molecular formula is C11H9ClF3N5. The van der Waals surface area contributed by atoms with Crippen LogP contribution in [0.2, 0.25) is 5.02 Å². The van der Waals surface area contributed by atoms with E-state index in [1.807, 2.05) is 5.43 Å². The lowest BCUT2D eigenvalue weighted by Gasteiger charge is -2.11. The maximum atomic E-state index is 12.7. The van der Waals surface area contributed by atoms with Gasteiger partial charge < -0.3 is 5.32 Å². The third-order valence-corrected chi connectivity index (χ3v) is 2.51. The zero-order valence-corrected chi connectivity index (χ0v) is 10.6. The molecule has 20 heavy (non-hydrogen) atoms. The highest BCUT2D eigenvalue weighted by molar-refractivity contribution is 6.30. The molecule has 0 radical (unpaired) electrons. The van der Waals surface area contributed by atoms with Crippen LogP contribution in [0.25, 0.3) is 0 Å². The van der Waals surface area contributed by atoms with E-state index in [1.54, 1.807) is 24.3 Å². The molecule has 2 rings (SSSR count). The number of nitrogens with one attached hydrogen (secondary N) is 2. The van der Waals surface area contributed by atoms with E-state index in [-0.39, 0.29) is 11.8 Å². The van der Waals surface area contributed by atoms with Crippen molar-refractivity contribution in [3.05, 3.63) is 41.0 Å². The van der Waals surface area contributed by atoms with Crippen molar-refractivity contribution in [1.29, 1.82) is 0 Å². The van der Waals surface area contributed by atoms with Crippen LogP contribution in [0.3, 0.4) is 0 Å². The van der Waals surface area contributed by atoms with E-state index in [0.29, 0.717) is 10.7 Å². The first-order chi connectivity index (χ1) is 9.38. The number of anilines is 3. The Kier molecular flexibility index (Phi) is 3.96. The Bertz CT molecular complexity index is 600. The first kappa shape index (κ1) is 14.4. The molecule has 5 nitrogen and oxygen atoms in total. The van der Waals surface area contributed by atoms with Crippen molar-refractivity contribution < 1.29 is 13.2 Å². The quantitative estimate of drug-likeness (QED) is 0.600. The first-order valence-corrected chi connectivity index (χ1v) is 5.72. The van der Waals surface area contributed by atoms with Crippen molar-refractivity contribution in [1.82, 2.24) is 9.97 Å². The van der Waals surface area contributed by atoms with E-state index in [2.05, 4.69) is 15.3 Å². The third-order valence-electron chi connectivity index (χ3n) is 2.26. The summed E-state index contributed by atoms with van der Waals surface area (Å²) in [5.41, 5.74) is 1.42. The fourth-order valence-corrected chi connectivity index (χ4v) is 1.53. The molecule has 0 atom stereocenters. The Labute approximate surface area is 117 Å². The number of rotatable bonds is 3. The van der Waals surface area contributed by atoms with Gasteiger partial charge in [0.15, 0.2) is 5.69 Å². The summed E-state index contributed by atoms with van der Waals surface area (Å²) in [4.78, 5) is 7.04. The third kappa shape index (κ3) is 3.49. The zero-order chi connectivity index (χ0) is 14.8. The van der Waals surface area contributed by atoms with Crippen molar-refractivity contribution in [2.45, 2.75) is 6.18 Å². The second-order valence-corrected chi connectivity index (χ2v) is 4.17. The molecule has 0 unspecified atom stereocenters. The monoisotopic (exact) mass is 303 g/mol.